The van der Waals surface area contributed by atoms with Crippen LogP contribution in [0.15, 0.2) is 53.6 Å². The summed E-state index contributed by atoms with van der Waals surface area (Å²) in [7, 11) is 0. The lowest BCUT2D eigenvalue weighted by Gasteiger charge is -2.06. The molecule has 0 radical (unpaired) electrons. The molecule has 0 unspecified atom stereocenters. The van der Waals surface area contributed by atoms with Crippen LogP contribution in [-0.4, -0.2) is 5.11 Å². The van der Waals surface area contributed by atoms with Gasteiger partial charge < -0.3 is 5.11 Å². The molecule has 74 valence electrons. The number of phenolic OH excluding ortho intramolecular Hbond substituents is 1. The molecule has 2 rings (SSSR count). The van der Waals surface area contributed by atoms with E-state index in [0.717, 1.165) is 5.56 Å². The van der Waals surface area contributed by atoms with E-state index in [1.807, 2.05) is 24.3 Å². The van der Waals surface area contributed by atoms with E-state index < -0.39 is 0 Å². The molecule has 0 aliphatic heterocycles. The number of phenols is 1. The summed E-state index contributed by atoms with van der Waals surface area (Å²) in [6.45, 7) is 0. The predicted molar refractivity (Wildman–Crippen MR) is 58.4 cm³/mol. The highest BCUT2D eigenvalue weighted by Gasteiger charge is 2.06. The lowest BCUT2D eigenvalue weighted by Crippen LogP contribution is -1.79. The van der Waals surface area contributed by atoms with Crippen LogP contribution in [0.2, 0.25) is 0 Å². The molecule has 0 aromatic heterocycles. The molecule has 0 saturated carbocycles. The largest absolute Gasteiger partial charge is 0.507 e. The molecule has 0 aliphatic rings. The summed E-state index contributed by atoms with van der Waals surface area (Å²) in [5.74, 6) is 0.202. The summed E-state index contributed by atoms with van der Waals surface area (Å²) < 4.78 is 0. The lowest BCUT2D eigenvalue weighted by molar-refractivity contribution is 0.477. The van der Waals surface area contributed by atoms with Crippen molar-refractivity contribution in [2.24, 2.45) is 5.11 Å². The van der Waals surface area contributed by atoms with Crippen molar-refractivity contribution >= 4 is 5.69 Å². The molecule has 0 spiro atoms. The monoisotopic (exact) mass is 198 g/mol. The van der Waals surface area contributed by atoms with E-state index >= 15 is 0 Å². The topological polar surface area (TPSA) is 56.4 Å². The Kier molecular flexibility index (Phi) is 2.46. The first-order valence-corrected chi connectivity index (χ1v) is 4.58. The molecule has 2 N–H and O–H groups in total. The van der Waals surface area contributed by atoms with Crippen LogP contribution >= 0.6 is 0 Å². The zero-order chi connectivity index (χ0) is 10.7. The highest BCUT2D eigenvalue weighted by molar-refractivity contribution is 5.79. The molecule has 2 aromatic rings. The molecule has 0 bridgehead atoms. The third-order valence-electron chi connectivity index (χ3n) is 2.22. The number of para-hydroxylation sites is 2. The van der Waals surface area contributed by atoms with Gasteiger partial charge in [0.25, 0.3) is 0 Å². The van der Waals surface area contributed by atoms with Crippen molar-refractivity contribution in [3.05, 3.63) is 48.5 Å². The van der Waals surface area contributed by atoms with Crippen molar-refractivity contribution in [1.29, 1.82) is 5.53 Å². The Hall–Kier alpha value is -2.16. The molecule has 3 heteroatoms. The third-order valence-corrected chi connectivity index (χ3v) is 2.22. The van der Waals surface area contributed by atoms with Crippen molar-refractivity contribution in [2.45, 2.75) is 0 Å². The van der Waals surface area contributed by atoms with E-state index in [9.17, 15) is 5.11 Å². The molecule has 15 heavy (non-hydrogen) atoms. The summed E-state index contributed by atoms with van der Waals surface area (Å²) in [6.07, 6.45) is 0. The molecule has 0 aliphatic carbocycles. The van der Waals surface area contributed by atoms with Crippen LogP contribution in [-0.2, 0) is 0 Å². The Morgan fingerprint density at radius 3 is 2.13 bits per heavy atom. The van der Waals surface area contributed by atoms with E-state index in [1.165, 1.54) is 0 Å². The van der Waals surface area contributed by atoms with E-state index in [-0.39, 0.29) is 5.75 Å². The second-order valence-corrected chi connectivity index (χ2v) is 3.15. The molecule has 0 heterocycles. The van der Waals surface area contributed by atoms with E-state index in [2.05, 4.69) is 5.11 Å². The van der Waals surface area contributed by atoms with Gasteiger partial charge in [-0.15, -0.1) is 0 Å². The number of hydrogen-bond donors (Lipinski definition) is 2. The van der Waals surface area contributed by atoms with E-state index in [0.29, 0.717) is 11.3 Å². The average molecular weight is 198 g/mol. The number of nitrogens with zero attached hydrogens (tertiary/aromatic N) is 1. The van der Waals surface area contributed by atoms with Crippen LogP contribution in [0, 0.1) is 5.53 Å². The second-order valence-electron chi connectivity index (χ2n) is 3.15. The first-order chi connectivity index (χ1) is 7.33. The van der Waals surface area contributed by atoms with Gasteiger partial charge in [0.1, 0.15) is 5.75 Å². The Bertz CT molecular complexity index is 494. The number of hydrogen-bond acceptors (Lipinski definition) is 3. The zero-order valence-corrected chi connectivity index (χ0v) is 8.01. The second kappa shape index (κ2) is 3.92. The number of nitrogens with one attached hydrogen (secondary N) is 1. The zero-order valence-electron chi connectivity index (χ0n) is 8.01. The van der Waals surface area contributed by atoms with Gasteiger partial charge in [-0.1, -0.05) is 36.4 Å². The maximum absolute atomic E-state index is 9.68. The normalized spacial score (nSPS) is 9.87. The molecule has 0 amide bonds. The van der Waals surface area contributed by atoms with Crippen molar-refractivity contribution in [2.75, 3.05) is 0 Å². The lowest BCUT2D eigenvalue weighted by atomic mass is 10.0. The van der Waals surface area contributed by atoms with Crippen molar-refractivity contribution in [3.63, 3.8) is 0 Å². The smallest absolute Gasteiger partial charge is 0.123 e. The Labute approximate surface area is 87.5 Å². The summed E-state index contributed by atoms with van der Waals surface area (Å²) in [6, 6.07) is 14.3. The van der Waals surface area contributed by atoms with Crippen LogP contribution in [0.1, 0.15) is 0 Å². The number of benzene rings is 2. The summed E-state index contributed by atoms with van der Waals surface area (Å²) in [4.78, 5) is 0. The van der Waals surface area contributed by atoms with Gasteiger partial charge in [-0.2, -0.15) is 5.11 Å². The van der Waals surface area contributed by atoms with Gasteiger partial charge in [0.15, 0.2) is 0 Å². The van der Waals surface area contributed by atoms with Crippen LogP contribution in [0.25, 0.3) is 11.1 Å². The minimum atomic E-state index is 0.202. The summed E-state index contributed by atoms with van der Waals surface area (Å²) in [5.41, 5.74) is 9.07. The van der Waals surface area contributed by atoms with Gasteiger partial charge in [-0.25, -0.2) is 5.53 Å². The summed E-state index contributed by atoms with van der Waals surface area (Å²) in [5, 5.41) is 13.1. The highest BCUT2D eigenvalue weighted by atomic mass is 16.3. The fraction of sp³-hybridized carbons (Fsp3) is 0. The van der Waals surface area contributed by atoms with Crippen molar-refractivity contribution in [1.82, 2.24) is 0 Å². The minimum Gasteiger partial charge on any atom is -0.507 e. The predicted octanol–water partition coefficient (Wildman–Crippen LogP) is 3.72. The van der Waals surface area contributed by atoms with Crippen LogP contribution in [0.5, 0.6) is 5.75 Å². The van der Waals surface area contributed by atoms with Crippen LogP contribution in [0.4, 0.5) is 5.69 Å². The maximum atomic E-state index is 9.68. The van der Waals surface area contributed by atoms with Crippen molar-refractivity contribution < 1.29 is 5.11 Å². The molecular formula is C12H10N2O. The van der Waals surface area contributed by atoms with Gasteiger partial charge in [-0.3, -0.25) is 0 Å². The molecule has 0 atom stereocenters. The Balaban J connectivity index is 2.64. The molecular weight excluding hydrogens is 188 g/mol. The summed E-state index contributed by atoms with van der Waals surface area (Å²) >= 11 is 0. The number of rotatable bonds is 2. The SMILES string of the molecule is N=Nc1ccccc1-c1ccccc1O. The molecule has 0 saturated heterocycles. The quantitative estimate of drug-likeness (QED) is 0.710. The Morgan fingerprint density at radius 1 is 0.867 bits per heavy atom. The van der Waals surface area contributed by atoms with Gasteiger partial charge in [0.2, 0.25) is 0 Å². The van der Waals surface area contributed by atoms with Gasteiger partial charge >= 0.3 is 0 Å². The molecule has 0 fully saturated rings. The minimum absolute atomic E-state index is 0.202. The third kappa shape index (κ3) is 1.72. The van der Waals surface area contributed by atoms with Crippen LogP contribution in [0.3, 0.4) is 0 Å². The first kappa shape index (κ1) is 9.40. The molecule has 3 nitrogen and oxygen atoms in total. The van der Waals surface area contributed by atoms with Crippen molar-refractivity contribution in [3.8, 4) is 16.9 Å². The maximum Gasteiger partial charge on any atom is 0.123 e. The average Bonchev–Trinajstić information content (AvgIpc) is 2.30. The fourth-order valence-electron chi connectivity index (χ4n) is 1.50. The van der Waals surface area contributed by atoms with E-state index in [4.69, 9.17) is 5.53 Å². The van der Waals surface area contributed by atoms with Gasteiger partial charge in [0.05, 0.1) is 5.69 Å². The number of aromatic hydroxyl groups is 1. The Morgan fingerprint density at radius 2 is 1.47 bits per heavy atom. The molecule has 2 aromatic carbocycles. The highest BCUT2D eigenvalue weighted by Crippen LogP contribution is 2.35. The van der Waals surface area contributed by atoms with Gasteiger partial charge in [-0.05, 0) is 12.1 Å². The fourth-order valence-corrected chi connectivity index (χ4v) is 1.50. The van der Waals surface area contributed by atoms with Crippen LogP contribution < -0.4 is 0 Å². The van der Waals surface area contributed by atoms with E-state index in [1.54, 1.807) is 24.3 Å². The first-order valence-electron chi connectivity index (χ1n) is 4.58. The standard InChI is InChI=1S/C12H10N2O/c13-14-11-7-3-1-5-9(11)10-6-2-4-8-12(10)15/h1-8,13,15H. The van der Waals surface area contributed by atoms with Gasteiger partial charge in [0, 0.05) is 11.1 Å².